The normalized spacial score (nSPS) is 5.00. The van der Waals surface area contributed by atoms with E-state index in [1.54, 1.807) is 0 Å². The summed E-state index contributed by atoms with van der Waals surface area (Å²) in [5, 5.41) is 0. The molecule has 0 atom stereocenters. The van der Waals surface area contributed by atoms with Crippen molar-refractivity contribution < 1.29 is 13.0 Å². The first kappa shape index (κ1) is 23.2. The van der Waals surface area contributed by atoms with Gasteiger partial charge in [-0.15, -0.1) is 0 Å². The van der Waals surface area contributed by atoms with Gasteiger partial charge in [0, 0.05) is 0 Å². The van der Waals surface area contributed by atoms with E-state index >= 15 is 0 Å². The summed E-state index contributed by atoms with van der Waals surface area (Å²) in [4.78, 5) is 0. The van der Waals surface area contributed by atoms with Gasteiger partial charge in [-0.05, 0) is 0 Å². The molecule has 0 radical (unpaired) electrons. The van der Waals surface area contributed by atoms with E-state index in [2.05, 4.69) is 0 Å². The second kappa shape index (κ2) is 24.8. The van der Waals surface area contributed by atoms with Crippen molar-refractivity contribution >= 4 is 40.5 Å². The molecule has 6 heteroatoms. The predicted molar refractivity (Wildman–Crippen MR) is 36.5 cm³/mol. The third-order valence-electron chi connectivity index (χ3n) is 0. The maximum absolute atomic E-state index is 8.59. The number of hydrogen-bond acceptors (Lipinski definition) is 3. The van der Waals surface area contributed by atoms with Crippen molar-refractivity contribution in [3.05, 3.63) is 0 Å². The molecule has 0 fully saturated rings. The number of rotatable bonds is 0. The molecule has 0 saturated heterocycles. The zero-order valence-electron chi connectivity index (χ0n) is 4.42. The van der Waals surface area contributed by atoms with Crippen LogP contribution in [0.5, 0.6) is 0 Å². The van der Waals surface area contributed by atoms with Gasteiger partial charge in [0.15, 0.2) is 0 Å². The molecule has 0 heterocycles. The fourth-order valence-electron chi connectivity index (χ4n) is 0. The van der Waals surface area contributed by atoms with E-state index in [0.717, 1.165) is 0 Å². The fraction of sp³-hybridized carbons (Fsp3) is 1.00. The molecule has 0 unspecified atom stereocenters. The van der Waals surface area contributed by atoms with Gasteiger partial charge in [-0.1, -0.05) is 13.8 Å². The SMILES string of the molecule is CC.N.O=[SH](=O)O.[NaH]. The van der Waals surface area contributed by atoms with Gasteiger partial charge in [0.2, 0.25) is 0 Å². The topological polar surface area (TPSA) is 89.4 Å². The summed E-state index contributed by atoms with van der Waals surface area (Å²) < 4.78 is 24.2. The van der Waals surface area contributed by atoms with Crippen LogP contribution in [0.1, 0.15) is 13.8 Å². The molecule has 0 aromatic heterocycles. The fourth-order valence-corrected chi connectivity index (χ4v) is 0. The Kier molecular flexibility index (Phi) is 71.8. The van der Waals surface area contributed by atoms with Crippen molar-refractivity contribution in [1.29, 1.82) is 0 Å². The summed E-state index contributed by atoms with van der Waals surface area (Å²) in [7, 11) is -3.12. The summed E-state index contributed by atoms with van der Waals surface area (Å²) in [6.45, 7) is 4.00. The standard InChI is InChI=1S/C2H6.H3N.Na.H2O3S.H/c1-2;;;1-4(2)3;/h1-2H3;1H3;;4H,(H,1,2,3);. The molecule has 0 aromatic carbocycles. The Balaban J connectivity index is -0.0000000183. The van der Waals surface area contributed by atoms with E-state index in [-0.39, 0.29) is 35.7 Å². The summed E-state index contributed by atoms with van der Waals surface area (Å²) in [5.41, 5.74) is 0. The van der Waals surface area contributed by atoms with Crippen LogP contribution in [0.4, 0.5) is 0 Å². The third kappa shape index (κ3) is 313. The third-order valence-corrected chi connectivity index (χ3v) is 0. The number of thiol groups is 1. The first-order valence-electron chi connectivity index (χ1n) is 1.57. The summed E-state index contributed by atoms with van der Waals surface area (Å²) in [5.74, 6) is 0. The van der Waals surface area contributed by atoms with Crippen molar-refractivity contribution in [2.24, 2.45) is 0 Å². The zero-order chi connectivity index (χ0) is 5.58. The van der Waals surface area contributed by atoms with Crippen LogP contribution >= 0.6 is 0 Å². The first-order chi connectivity index (χ1) is 2.73. The van der Waals surface area contributed by atoms with Gasteiger partial charge in [0.05, 0.1) is 0 Å². The molecular formula is C2H12NNaO3S. The van der Waals surface area contributed by atoms with Gasteiger partial charge in [0.25, 0.3) is 11.0 Å². The first-order valence-corrected chi connectivity index (χ1v) is 2.70. The molecule has 8 heavy (non-hydrogen) atoms. The van der Waals surface area contributed by atoms with E-state index < -0.39 is 11.0 Å². The second-order valence-corrected chi connectivity index (χ2v) is 0.714. The van der Waals surface area contributed by atoms with Gasteiger partial charge in [0.1, 0.15) is 0 Å². The summed E-state index contributed by atoms with van der Waals surface area (Å²) in [6, 6.07) is 0. The van der Waals surface area contributed by atoms with Crippen LogP contribution in [0.25, 0.3) is 0 Å². The van der Waals surface area contributed by atoms with Crippen LogP contribution in [0, 0.1) is 0 Å². The van der Waals surface area contributed by atoms with Crippen LogP contribution in [0.2, 0.25) is 0 Å². The van der Waals surface area contributed by atoms with Crippen LogP contribution in [0.15, 0.2) is 0 Å². The quantitative estimate of drug-likeness (QED) is 0.251. The van der Waals surface area contributed by atoms with Gasteiger partial charge in [-0.3, -0.25) is 4.55 Å². The Hall–Kier alpha value is 0.870. The summed E-state index contributed by atoms with van der Waals surface area (Å²) >= 11 is 0. The molecule has 0 aliphatic heterocycles. The van der Waals surface area contributed by atoms with Gasteiger partial charge < -0.3 is 6.15 Å². The maximum atomic E-state index is 8.59. The second-order valence-electron chi connectivity index (χ2n) is 0.238. The number of hydrogen-bond donors (Lipinski definition) is 3. The predicted octanol–water partition coefficient (Wildman–Crippen LogP) is -0.390. The van der Waals surface area contributed by atoms with Crippen LogP contribution in [0.3, 0.4) is 0 Å². The molecule has 0 saturated carbocycles. The van der Waals surface area contributed by atoms with Crippen molar-refractivity contribution in [2.45, 2.75) is 13.8 Å². The van der Waals surface area contributed by atoms with Crippen LogP contribution in [-0.2, 0) is 11.0 Å². The van der Waals surface area contributed by atoms with E-state index in [4.69, 9.17) is 13.0 Å². The molecule has 0 rings (SSSR count). The summed E-state index contributed by atoms with van der Waals surface area (Å²) in [6.07, 6.45) is 0. The molecule has 0 aromatic rings. The molecule has 0 amide bonds. The van der Waals surface area contributed by atoms with Gasteiger partial charge in [-0.2, -0.15) is 0 Å². The Morgan fingerprint density at radius 3 is 1.25 bits per heavy atom. The van der Waals surface area contributed by atoms with Crippen LogP contribution < -0.4 is 6.15 Å². The van der Waals surface area contributed by atoms with E-state index in [9.17, 15) is 0 Å². The Bertz CT molecular complexity index is 65.7. The van der Waals surface area contributed by atoms with Crippen molar-refractivity contribution in [3.8, 4) is 0 Å². The molecule has 0 aliphatic rings. The average Bonchev–Trinajstić information content (AvgIpc) is 1.41. The van der Waals surface area contributed by atoms with E-state index in [1.807, 2.05) is 13.8 Å². The molecule has 0 bridgehead atoms. The Labute approximate surface area is 73.3 Å². The van der Waals surface area contributed by atoms with Gasteiger partial charge >= 0.3 is 29.6 Å². The molecule has 0 spiro atoms. The zero-order valence-corrected chi connectivity index (χ0v) is 5.31. The minimum absolute atomic E-state index is 0. The van der Waals surface area contributed by atoms with E-state index in [1.165, 1.54) is 0 Å². The van der Waals surface area contributed by atoms with E-state index in [0.29, 0.717) is 0 Å². The monoisotopic (exact) mass is 153 g/mol. The molecule has 0 aliphatic carbocycles. The van der Waals surface area contributed by atoms with Crippen molar-refractivity contribution in [3.63, 3.8) is 0 Å². The Morgan fingerprint density at radius 2 is 1.25 bits per heavy atom. The minimum atomic E-state index is -3.12. The van der Waals surface area contributed by atoms with Gasteiger partial charge in [-0.25, -0.2) is 8.42 Å². The molecular weight excluding hydrogens is 141 g/mol. The molecule has 4 nitrogen and oxygen atoms in total. The van der Waals surface area contributed by atoms with Crippen molar-refractivity contribution in [1.82, 2.24) is 6.15 Å². The molecule has 4 N–H and O–H groups in total. The Morgan fingerprint density at radius 1 is 1.25 bits per heavy atom. The van der Waals surface area contributed by atoms with Crippen molar-refractivity contribution in [2.75, 3.05) is 0 Å². The average molecular weight is 153 g/mol. The molecule has 50 valence electrons. The van der Waals surface area contributed by atoms with Crippen LogP contribution in [-0.4, -0.2) is 42.5 Å².